The number of carbonyl (C=O) groups is 1. The van der Waals surface area contributed by atoms with Crippen LogP contribution in [0.15, 0.2) is 12.5 Å². The molecule has 3 nitrogen and oxygen atoms in total. The summed E-state index contributed by atoms with van der Waals surface area (Å²) in [6.45, 7) is 0. The molecule has 1 aromatic rings. The van der Waals surface area contributed by atoms with Gasteiger partial charge in [0.2, 0.25) is 0 Å². The summed E-state index contributed by atoms with van der Waals surface area (Å²) < 4.78 is 35.1. The van der Waals surface area contributed by atoms with E-state index in [0.29, 0.717) is 12.5 Å². The van der Waals surface area contributed by atoms with E-state index in [9.17, 15) is 18.0 Å². The normalized spacial score (nSPS) is 11.5. The molecule has 0 aliphatic heterocycles. The number of carbonyl (C=O) groups excluding carboxylic acids is 1. The molecule has 0 spiro atoms. The molecule has 0 aliphatic carbocycles. The summed E-state index contributed by atoms with van der Waals surface area (Å²) in [4.78, 5) is 13.1. The van der Waals surface area contributed by atoms with Gasteiger partial charge >= 0.3 is 6.30 Å². The number of alkyl halides is 3. The Bertz CT molecular complexity index is 265. The van der Waals surface area contributed by atoms with E-state index in [1.165, 1.54) is 0 Å². The van der Waals surface area contributed by atoms with Crippen LogP contribution in [0.25, 0.3) is 0 Å². The molecule has 0 unspecified atom stereocenters. The molecule has 0 atom stereocenters. The molecule has 0 saturated heterocycles. The third kappa shape index (κ3) is 1.57. The minimum Gasteiger partial charge on any atom is -0.296 e. The summed E-state index contributed by atoms with van der Waals surface area (Å²) >= 11 is 0. The Morgan fingerprint density at radius 3 is 2.45 bits per heavy atom. The quantitative estimate of drug-likeness (QED) is 0.584. The van der Waals surface area contributed by atoms with E-state index >= 15 is 0 Å². The molecular weight excluding hydrogens is 161 g/mol. The van der Waals surface area contributed by atoms with Crippen LogP contribution in [-0.4, -0.2) is 15.8 Å². The Labute approximate surface area is 59.5 Å². The van der Waals surface area contributed by atoms with E-state index in [2.05, 4.69) is 4.98 Å². The number of hydrogen-bond donors (Lipinski definition) is 0. The molecule has 0 bridgehead atoms. The van der Waals surface area contributed by atoms with Gasteiger partial charge in [0.05, 0.1) is 0 Å². The number of rotatable bonds is 1. The summed E-state index contributed by atoms with van der Waals surface area (Å²) in [5.74, 6) is 0. The lowest BCUT2D eigenvalue weighted by atomic mass is 10.5. The van der Waals surface area contributed by atoms with Crippen molar-refractivity contribution in [3.63, 3.8) is 0 Å². The van der Waals surface area contributed by atoms with E-state index in [0.717, 1.165) is 0 Å². The van der Waals surface area contributed by atoms with Crippen LogP contribution in [0, 0.1) is 0 Å². The number of aromatic nitrogens is 2. The van der Waals surface area contributed by atoms with Gasteiger partial charge in [0.15, 0.2) is 6.29 Å². The lowest BCUT2D eigenvalue weighted by molar-refractivity contribution is -0.204. The fourth-order valence-electron chi connectivity index (χ4n) is 0.538. The summed E-state index contributed by atoms with van der Waals surface area (Å²) in [6, 6.07) is 0. The zero-order chi connectivity index (χ0) is 8.48. The highest BCUT2D eigenvalue weighted by atomic mass is 19.4. The molecule has 1 rings (SSSR count). The van der Waals surface area contributed by atoms with Gasteiger partial charge in [0.1, 0.15) is 12.0 Å². The van der Waals surface area contributed by atoms with Gasteiger partial charge in [-0.1, -0.05) is 0 Å². The fraction of sp³-hybridized carbons (Fsp3) is 0.200. The van der Waals surface area contributed by atoms with Crippen LogP contribution < -0.4 is 0 Å². The molecule has 0 saturated carbocycles. The van der Waals surface area contributed by atoms with Crippen molar-refractivity contribution in [1.29, 1.82) is 0 Å². The Kier molecular flexibility index (Phi) is 1.67. The molecule has 60 valence electrons. The lowest BCUT2D eigenvalue weighted by Gasteiger charge is -2.04. The third-order valence-corrected chi connectivity index (χ3v) is 1.02. The van der Waals surface area contributed by atoms with Crippen LogP contribution in [0.5, 0.6) is 0 Å². The molecule has 0 N–H and O–H groups in total. The van der Waals surface area contributed by atoms with Crippen molar-refractivity contribution in [2.75, 3.05) is 0 Å². The van der Waals surface area contributed by atoms with Crippen molar-refractivity contribution in [1.82, 2.24) is 9.55 Å². The second kappa shape index (κ2) is 2.37. The van der Waals surface area contributed by atoms with E-state index in [-0.39, 0.29) is 16.5 Å². The number of hydrogen-bond acceptors (Lipinski definition) is 2. The summed E-state index contributed by atoms with van der Waals surface area (Å²) in [7, 11) is 0. The zero-order valence-electron chi connectivity index (χ0n) is 5.17. The van der Waals surface area contributed by atoms with Gasteiger partial charge in [-0.15, -0.1) is 13.2 Å². The fourth-order valence-corrected chi connectivity index (χ4v) is 0.538. The molecule has 1 heterocycles. The molecule has 0 aliphatic rings. The van der Waals surface area contributed by atoms with Gasteiger partial charge in [-0.3, -0.25) is 4.79 Å². The topological polar surface area (TPSA) is 34.9 Å². The molecule has 0 aromatic carbocycles. The maximum Gasteiger partial charge on any atom is 0.489 e. The summed E-state index contributed by atoms with van der Waals surface area (Å²) in [5.41, 5.74) is -0.234. The molecule has 0 fully saturated rings. The summed E-state index contributed by atoms with van der Waals surface area (Å²) in [6.07, 6.45) is -3.08. The van der Waals surface area contributed by atoms with Gasteiger partial charge in [0, 0.05) is 6.20 Å². The molecule has 0 amide bonds. The van der Waals surface area contributed by atoms with Crippen molar-refractivity contribution in [3.8, 4) is 0 Å². The second-order valence-corrected chi connectivity index (χ2v) is 1.79. The minimum atomic E-state index is -4.49. The van der Waals surface area contributed by atoms with Crippen LogP contribution in [0.1, 0.15) is 10.5 Å². The molecule has 0 radical (unpaired) electrons. The van der Waals surface area contributed by atoms with E-state index in [4.69, 9.17) is 0 Å². The molecule has 1 aromatic heterocycles. The van der Waals surface area contributed by atoms with E-state index in [1.807, 2.05) is 0 Å². The Balaban J connectivity index is 2.98. The molecule has 11 heavy (non-hydrogen) atoms. The third-order valence-electron chi connectivity index (χ3n) is 1.02. The van der Waals surface area contributed by atoms with Crippen LogP contribution >= 0.6 is 0 Å². The first-order valence-electron chi connectivity index (χ1n) is 2.60. The van der Waals surface area contributed by atoms with Crippen LogP contribution in [0.4, 0.5) is 13.2 Å². The van der Waals surface area contributed by atoms with Crippen LogP contribution in [-0.2, 0) is 6.30 Å². The maximum absolute atomic E-state index is 11.7. The predicted molar refractivity (Wildman–Crippen MR) is 28.9 cm³/mol. The van der Waals surface area contributed by atoms with Crippen molar-refractivity contribution in [3.05, 3.63) is 18.2 Å². The number of aldehydes is 1. The van der Waals surface area contributed by atoms with Crippen molar-refractivity contribution < 1.29 is 18.0 Å². The first-order valence-corrected chi connectivity index (χ1v) is 2.60. The second-order valence-electron chi connectivity index (χ2n) is 1.79. The van der Waals surface area contributed by atoms with Gasteiger partial charge in [-0.25, -0.2) is 9.55 Å². The monoisotopic (exact) mass is 164 g/mol. The first-order chi connectivity index (χ1) is 5.04. The molecule has 6 heteroatoms. The first kappa shape index (κ1) is 7.77. The molecular formula is C5H3F3N2O. The standard InChI is InChI=1S/C5H3F3N2O/c6-5(7,8)10-1-4(2-11)9-3-10/h1-3H. The smallest absolute Gasteiger partial charge is 0.296 e. The lowest BCUT2D eigenvalue weighted by Crippen LogP contribution is -2.13. The Morgan fingerprint density at radius 1 is 1.55 bits per heavy atom. The van der Waals surface area contributed by atoms with Gasteiger partial charge in [-0.2, -0.15) is 0 Å². The number of halogens is 3. The predicted octanol–water partition coefficient (Wildman–Crippen LogP) is 1.17. The SMILES string of the molecule is O=Cc1cn(C(F)(F)F)cn1. The maximum atomic E-state index is 11.7. The van der Waals surface area contributed by atoms with Crippen molar-refractivity contribution in [2.24, 2.45) is 0 Å². The highest BCUT2D eigenvalue weighted by molar-refractivity contribution is 5.70. The zero-order valence-corrected chi connectivity index (χ0v) is 5.17. The van der Waals surface area contributed by atoms with Gasteiger partial charge < -0.3 is 0 Å². The highest BCUT2D eigenvalue weighted by Gasteiger charge is 2.30. The van der Waals surface area contributed by atoms with Gasteiger partial charge in [-0.05, 0) is 0 Å². The number of imidazole rings is 1. The largest absolute Gasteiger partial charge is 0.489 e. The highest BCUT2D eigenvalue weighted by Crippen LogP contribution is 2.21. The average Bonchev–Trinajstić information content (AvgIpc) is 2.32. The van der Waals surface area contributed by atoms with Gasteiger partial charge in [0.25, 0.3) is 0 Å². The van der Waals surface area contributed by atoms with E-state index < -0.39 is 6.30 Å². The van der Waals surface area contributed by atoms with Crippen LogP contribution in [0.3, 0.4) is 0 Å². The van der Waals surface area contributed by atoms with Crippen LogP contribution in [0.2, 0.25) is 0 Å². The Hall–Kier alpha value is -1.33. The van der Waals surface area contributed by atoms with Crippen molar-refractivity contribution in [2.45, 2.75) is 6.30 Å². The van der Waals surface area contributed by atoms with E-state index in [1.54, 1.807) is 0 Å². The average molecular weight is 164 g/mol. The minimum absolute atomic E-state index is 0.0866. The summed E-state index contributed by atoms with van der Waals surface area (Å²) in [5, 5.41) is 0. The number of nitrogens with zero attached hydrogens (tertiary/aromatic N) is 2. The van der Waals surface area contributed by atoms with Crippen molar-refractivity contribution >= 4 is 6.29 Å². The Morgan fingerprint density at radius 2 is 2.18 bits per heavy atom.